The van der Waals surface area contributed by atoms with Gasteiger partial charge in [0.15, 0.2) is 28.4 Å². The first-order chi connectivity index (χ1) is 19.5. The Morgan fingerprint density at radius 1 is 0.976 bits per heavy atom. The van der Waals surface area contributed by atoms with E-state index in [1.165, 1.54) is 31.4 Å². The Bertz CT molecular complexity index is 1500. The fourth-order valence-electron chi connectivity index (χ4n) is 4.19. The molecule has 41 heavy (non-hydrogen) atoms. The van der Waals surface area contributed by atoms with E-state index < -0.39 is 65.6 Å². The number of hydrogen-bond donors (Lipinski definition) is 1. The number of carbonyl (C=O) groups is 3. The van der Waals surface area contributed by atoms with Crippen LogP contribution in [0.1, 0.15) is 29.3 Å². The number of nitrogens with one attached hydrogen (secondary N) is 1. The average Bonchev–Trinajstić information content (AvgIpc) is 3.19. The fraction of sp³-hybridized carbons (Fsp3) is 0.214. The van der Waals surface area contributed by atoms with Crippen LogP contribution in [0, 0.1) is 23.3 Å². The summed E-state index contributed by atoms with van der Waals surface area (Å²) in [5.74, 6) is -8.61. The first kappa shape index (κ1) is 29.5. The van der Waals surface area contributed by atoms with Crippen molar-refractivity contribution in [1.29, 1.82) is 0 Å². The Balaban J connectivity index is 1.65. The number of ether oxygens (including phenoxy) is 2. The average molecular weight is 590 g/mol. The van der Waals surface area contributed by atoms with Gasteiger partial charge in [-0.25, -0.2) is 22.4 Å². The summed E-state index contributed by atoms with van der Waals surface area (Å²) in [5, 5.41) is 2.43. The summed E-state index contributed by atoms with van der Waals surface area (Å²) in [5.41, 5.74) is 0.208. The minimum atomic E-state index is -2.02. The van der Waals surface area contributed by atoms with Crippen LogP contribution in [0.2, 0.25) is 0 Å². The van der Waals surface area contributed by atoms with Gasteiger partial charge in [-0.2, -0.15) is 0 Å². The number of esters is 1. The molecule has 0 saturated carbocycles. The van der Waals surface area contributed by atoms with E-state index >= 15 is 0 Å². The summed E-state index contributed by atoms with van der Waals surface area (Å²) in [6.07, 6.45) is -0.476. The molecule has 1 saturated heterocycles. The van der Waals surface area contributed by atoms with E-state index in [1.807, 2.05) is 0 Å². The van der Waals surface area contributed by atoms with Crippen LogP contribution in [0.4, 0.5) is 28.9 Å². The third kappa shape index (κ3) is 6.14. The minimum absolute atomic E-state index is 0.158. The van der Waals surface area contributed by atoms with Crippen molar-refractivity contribution in [2.75, 3.05) is 23.9 Å². The maximum atomic E-state index is 14.6. The Labute approximate surface area is 237 Å². The molecule has 1 N–H and O–H groups in total. The summed E-state index contributed by atoms with van der Waals surface area (Å²) in [4.78, 5) is 40.7. The lowest BCUT2D eigenvalue weighted by Crippen LogP contribution is -2.37. The van der Waals surface area contributed by atoms with Gasteiger partial charge in [-0.3, -0.25) is 14.5 Å². The lowest BCUT2D eigenvalue weighted by Gasteiger charge is -2.24. The van der Waals surface area contributed by atoms with Gasteiger partial charge in [0, 0.05) is 17.8 Å². The Hall–Kier alpha value is -4.52. The van der Waals surface area contributed by atoms with Crippen LogP contribution >= 0.6 is 12.2 Å². The third-order valence-corrected chi connectivity index (χ3v) is 6.64. The van der Waals surface area contributed by atoms with Crippen LogP contribution in [0.25, 0.3) is 0 Å². The third-order valence-electron chi connectivity index (χ3n) is 6.23. The number of halogens is 4. The van der Waals surface area contributed by atoms with E-state index in [4.69, 9.17) is 21.7 Å². The van der Waals surface area contributed by atoms with Gasteiger partial charge in [-0.05, 0) is 73.7 Å². The van der Waals surface area contributed by atoms with Crippen molar-refractivity contribution in [2.24, 2.45) is 0 Å². The molecule has 1 heterocycles. The van der Waals surface area contributed by atoms with Gasteiger partial charge in [0.05, 0.1) is 31.4 Å². The zero-order valence-electron chi connectivity index (χ0n) is 21.8. The molecule has 3 aromatic carbocycles. The van der Waals surface area contributed by atoms with Crippen LogP contribution in [-0.4, -0.2) is 47.6 Å². The minimum Gasteiger partial charge on any atom is -0.497 e. The molecule has 3 aromatic rings. The number of anilines is 2. The standard InChI is InChI=1S/C28H23F4N3O5S/c1-3-40-27(38)15-4-8-18(9-5-15)35-26(37)21(13-22(36)33-17-6-10-19(39-2)11-7-17)34(28(35)41)14-16-12-20(29)24(31)25(32)23(16)30/h4-12,21H,3,13-14H2,1-2H3,(H,33,36)/t21-/m1/s1. The molecule has 0 spiro atoms. The van der Waals surface area contributed by atoms with Gasteiger partial charge in [0.25, 0.3) is 5.91 Å². The van der Waals surface area contributed by atoms with Gasteiger partial charge in [-0.1, -0.05) is 0 Å². The van der Waals surface area contributed by atoms with Crippen LogP contribution in [0.15, 0.2) is 54.6 Å². The van der Waals surface area contributed by atoms with Gasteiger partial charge in [-0.15, -0.1) is 0 Å². The molecule has 4 rings (SSSR count). The molecule has 13 heteroatoms. The fourth-order valence-corrected chi connectivity index (χ4v) is 4.58. The second-order valence-electron chi connectivity index (χ2n) is 8.81. The lowest BCUT2D eigenvalue weighted by atomic mass is 10.1. The molecule has 0 aromatic heterocycles. The highest BCUT2D eigenvalue weighted by Crippen LogP contribution is 2.31. The number of benzene rings is 3. The molecular weight excluding hydrogens is 566 g/mol. The van der Waals surface area contributed by atoms with E-state index in [1.54, 1.807) is 31.2 Å². The van der Waals surface area contributed by atoms with Crippen LogP contribution in [0.5, 0.6) is 5.75 Å². The zero-order valence-corrected chi connectivity index (χ0v) is 22.6. The largest absolute Gasteiger partial charge is 0.497 e. The molecule has 0 radical (unpaired) electrons. The lowest BCUT2D eigenvalue weighted by molar-refractivity contribution is -0.124. The Kier molecular flexibility index (Phi) is 8.86. The predicted octanol–water partition coefficient (Wildman–Crippen LogP) is 4.96. The summed E-state index contributed by atoms with van der Waals surface area (Å²) < 4.78 is 66.1. The second-order valence-corrected chi connectivity index (χ2v) is 9.17. The maximum absolute atomic E-state index is 14.6. The number of thiocarbonyl (C=S) groups is 1. The highest BCUT2D eigenvalue weighted by atomic mass is 32.1. The maximum Gasteiger partial charge on any atom is 0.338 e. The van der Waals surface area contributed by atoms with E-state index in [0.717, 1.165) is 9.80 Å². The van der Waals surface area contributed by atoms with Crippen molar-refractivity contribution in [3.05, 3.63) is 89.0 Å². The molecule has 214 valence electrons. The first-order valence-electron chi connectivity index (χ1n) is 12.2. The predicted molar refractivity (Wildman–Crippen MR) is 144 cm³/mol. The van der Waals surface area contributed by atoms with Gasteiger partial charge >= 0.3 is 5.97 Å². The molecule has 1 atom stereocenters. The van der Waals surface area contributed by atoms with Gasteiger partial charge in [0.1, 0.15) is 11.8 Å². The molecule has 0 unspecified atom stereocenters. The first-order valence-corrected chi connectivity index (χ1v) is 12.6. The zero-order chi connectivity index (χ0) is 29.8. The molecule has 1 fully saturated rings. The van der Waals surface area contributed by atoms with E-state index in [-0.39, 0.29) is 23.0 Å². The molecule has 2 amide bonds. The van der Waals surface area contributed by atoms with Crippen LogP contribution < -0.4 is 15.0 Å². The quantitative estimate of drug-likeness (QED) is 0.124. The number of amides is 2. The normalized spacial score (nSPS) is 14.8. The van der Waals surface area contributed by atoms with Crippen molar-refractivity contribution in [3.63, 3.8) is 0 Å². The summed E-state index contributed by atoms with van der Waals surface area (Å²) >= 11 is 5.48. The number of carbonyl (C=O) groups excluding carboxylic acids is 3. The Morgan fingerprint density at radius 2 is 1.63 bits per heavy atom. The van der Waals surface area contributed by atoms with Gasteiger partial charge in [0.2, 0.25) is 5.91 Å². The number of methoxy groups -OCH3 is 1. The molecule has 1 aliphatic rings. The van der Waals surface area contributed by atoms with E-state index in [2.05, 4.69) is 5.32 Å². The molecule has 8 nitrogen and oxygen atoms in total. The van der Waals surface area contributed by atoms with Crippen molar-refractivity contribution in [3.8, 4) is 5.75 Å². The topological polar surface area (TPSA) is 88.2 Å². The summed E-state index contributed by atoms with van der Waals surface area (Å²) in [6.45, 7) is 1.16. The number of nitrogens with zero attached hydrogens (tertiary/aromatic N) is 2. The van der Waals surface area contributed by atoms with E-state index in [0.29, 0.717) is 17.5 Å². The number of rotatable bonds is 9. The molecule has 0 aliphatic carbocycles. The van der Waals surface area contributed by atoms with Crippen molar-refractivity contribution in [1.82, 2.24) is 4.90 Å². The molecular formula is C28H23F4N3O5S. The van der Waals surface area contributed by atoms with Crippen molar-refractivity contribution in [2.45, 2.75) is 25.9 Å². The number of hydrogen-bond acceptors (Lipinski definition) is 6. The van der Waals surface area contributed by atoms with Crippen LogP contribution in [-0.2, 0) is 20.9 Å². The SMILES string of the molecule is CCOC(=O)c1ccc(N2C(=O)[C@@H](CC(=O)Nc3ccc(OC)cc3)N(Cc3cc(F)c(F)c(F)c3F)C2=S)cc1. The summed E-state index contributed by atoms with van der Waals surface area (Å²) in [7, 11) is 1.48. The van der Waals surface area contributed by atoms with Gasteiger partial charge < -0.3 is 19.7 Å². The molecule has 1 aliphatic heterocycles. The van der Waals surface area contributed by atoms with Crippen LogP contribution in [0.3, 0.4) is 0 Å². The second kappa shape index (κ2) is 12.3. The van der Waals surface area contributed by atoms with Crippen molar-refractivity contribution < 1.29 is 41.4 Å². The van der Waals surface area contributed by atoms with E-state index in [9.17, 15) is 31.9 Å². The van der Waals surface area contributed by atoms with Crippen molar-refractivity contribution >= 4 is 46.5 Å². The monoisotopic (exact) mass is 589 g/mol. The Morgan fingerprint density at radius 3 is 2.24 bits per heavy atom. The molecule has 0 bridgehead atoms. The highest BCUT2D eigenvalue weighted by molar-refractivity contribution is 7.80. The smallest absolute Gasteiger partial charge is 0.338 e. The summed E-state index contributed by atoms with van der Waals surface area (Å²) in [6, 6.07) is 11.2. The highest BCUT2D eigenvalue weighted by Gasteiger charge is 2.44.